The maximum absolute atomic E-state index is 6.29. The minimum absolute atomic E-state index is 0.646. The van der Waals surface area contributed by atoms with Crippen molar-refractivity contribution < 1.29 is 18.9 Å². The Morgan fingerprint density at radius 3 is 1.20 bits per heavy atom. The van der Waals surface area contributed by atoms with Crippen LogP contribution in [0.1, 0.15) is 90.2 Å². The van der Waals surface area contributed by atoms with Crippen molar-refractivity contribution in [2.75, 3.05) is 26.4 Å². The molecular weight excluding hydrogens is 576 g/mol. The highest BCUT2D eigenvalue weighted by molar-refractivity contribution is 5.88. The first kappa shape index (κ1) is 33.2. The number of benzene rings is 3. The molecule has 0 atom stereocenters. The fourth-order valence-corrected chi connectivity index (χ4v) is 5.50. The van der Waals surface area contributed by atoms with E-state index in [4.69, 9.17) is 28.9 Å². The molecule has 0 N–H and O–H groups in total. The van der Waals surface area contributed by atoms with Crippen LogP contribution < -0.4 is 18.9 Å². The van der Waals surface area contributed by atoms with E-state index in [1.807, 2.05) is 36.9 Å². The van der Waals surface area contributed by atoms with Crippen LogP contribution >= 0.6 is 0 Å². The third kappa shape index (κ3) is 7.95. The molecule has 0 aliphatic carbocycles. The summed E-state index contributed by atoms with van der Waals surface area (Å²) in [5.41, 5.74) is 6.01. The van der Waals surface area contributed by atoms with E-state index in [1.54, 1.807) is 0 Å². The van der Waals surface area contributed by atoms with E-state index in [2.05, 4.69) is 61.1 Å². The number of nitrogens with zero attached hydrogens (tertiary/aromatic N) is 4. The maximum Gasteiger partial charge on any atom is 0.147 e. The number of ether oxygens (including phenoxy) is 4. The van der Waals surface area contributed by atoms with E-state index < -0.39 is 0 Å². The van der Waals surface area contributed by atoms with E-state index in [-0.39, 0.29) is 0 Å². The number of unbranched alkanes of at least 4 members (excludes halogenated alkanes) is 4. The second-order valence-corrected chi connectivity index (χ2v) is 11.8. The fourth-order valence-electron chi connectivity index (χ4n) is 5.50. The third-order valence-corrected chi connectivity index (χ3v) is 8.20. The molecule has 0 saturated heterocycles. The lowest BCUT2D eigenvalue weighted by Crippen LogP contribution is -2.08. The highest BCUT2D eigenvalue weighted by Crippen LogP contribution is 2.35. The van der Waals surface area contributed by atoms with Crippen LogP contribution in [-0.4, -0.2) is 45.5 Å². The Hall–Kier alpha value is -4.20. The van der Waals surface area contributed by atoms with E-state index in [0.29, 0.717) is 39.5 Å². The minimum atomic E-state index is 0.646. The molecule has 5 rings (SSSR count). The highest BCUT2D eigenvalue weighted by Gasteiger charge is 2.18. The average Bonchev–Trinajstić information content (AvgIpc) is 3.69. The monoisotopic (exact) mass is 626 g/mol. The predicted molar refractivity (Wildman–Crippen MR) is 186 cm³/mol. The molecule has 0 bridgehead atoms. The second-order valence-electron chi connectivity index (χ2n) is 11.8. The number of rotatable bonds is 20. The van der Waals surface area contributed by atoms with Crippen molar-refractivity contribution >= 4 is 22.1 Å². The summed E-state index contributed by atoms with van der Waals surface area (Å²) in [7, 11) is 0. The molecule has 8 nitrogen and oxygen atoms in total. The van der Waals surface area contributed by atoms with Gasteiger partial charge in [-0.3, -0.25) is 0 Å². The first-order valence-electron chi connectivity index (χ1n) is 17.2. The average molecular weight is 627 g/mol. The largest absolute Gasteiger partial charge is 0.491 e. The summed E-state index contributed by atoms with van der Waals surface area (Å²) in [5.74, 6) is 3.28. The number of hydrogen-bond acceptors (Lipinski definition) is 6. The van der Waals surface area contributed by atoms with Gasteiger partial charge in [-0.15, -0.1) is 0 Å². The summed E-state index contributed by atoms with van der Waals surface area (Å²) in [5, 5.41) is 0. The molecule has 0 aliphatic heterocycles. The zero-order valence-electron chi connectivity index (χ0n) is 28.1. The van der Waals surface area contributed by atoms with Gasteiger partial charge in [0, 0.05) is 13.1 Å². The first-order chi connectivity index (χ1) is 22.7. The Labute approximate surface area is 273 Å². The summed E-state index contributed by atoms with van der Waals surface area (Å²) < 4.78 is 29.3. The lowest BCUT2D eigenvalue weighted by atomic mass is 10.1. The van der Waals surface area contributed by atoms with Crippen molar-refractivity contribution in [1.29, 1.82) is 0 Å². The van der Waals surface area contributed by atoms with Crippen LogP contribution in [0.2, 0.25) is 0 Å². The van der Waals surface area contributed by atoms with Gasteiger partial charge in [0.2, 0.25) is 0 Å². The van der Waals surface area contributed by atoms with Gasteiger partial charge in [0.05, 0.1) is 39.1 Å². The third-order valence-electron chi connectivity index (χ3n) is 8.20. The van der Waals surface area contributed by atoms with E-state index in [0.717, 1.165) is 96.4 Å². The highest BCUT2D eigenvalue weighted by atomic mass is 16.5. The Morgan fingerprint density at radius 2 is 0.826 bits per heavy atom. The van der Waals surface area contributed by atoms with Crippen LogP contribution in [0.15, 0.2) is 61.2 Å². The van der Waals surface area contributed by atoms with Crippen molar-refractivity contribution in [2.24, 2.45) is 0 Å². The zero-order valence-corrected chi connectivity index (χ0v) is 28.1. The van der Waals surface area contributed by atoms with Crippen LogP contribution in [0.4, 0.5) is 0 Å². The second kappa shape index (κ2) is 16.9. The van der Waals surface area contributed by atoms with Crippen LogP contribution in [0.25, 0.3) is 22.1 Å². The van der Waals surface area contributed by atoms with E-state index >= 15 is 0 Å². The Balaban J connectivity index is 1.48. The number of fused-ring (bicyclic) bond motifs is 2. The molecule has 0 radical (unpaired) electrons. The van der Waals surface area contributed by atoms with E-state index in [9.17, 15) is 0 Å². The van der Waals surface area contributed by atoms with Gasteiger partial charge in [-0.1, -0.05) is 77.6 Å². The number of hydrogen-bond donors (Lipinski definition) is 0. The predicted octanol–water partition coefficient (Wildman–Crippen LogP) is 9.20. The molecular formula is C38H50N4O4. The topological polar surface area (TPSA) is 72.6 Å². The summed E-state index contributed by atoms with van der Waals surface area (Å²) in [6.07, 6.45) is 12.2. The lowest BCUT2D eigenvalue weighted by molar-refractivity contribution is 0.305. The Kier molecular flexibility index (Phi) is 12.2. The zero-order chi connectivity index (χ0) is 32.1. The van der Waals surface area contributed by atoms with Gasteiger partial charge in [-0.2, -0.15) is 0 Å². The van der Waals surface area contributed by atoms with Crippen LogP contribution in [0.5, 0.6) is 23.0 Å². The molecule has 0 fully saturated rings. The molecule has 46 heavy (non-hydrogen) atoms. The maximum atomic E-state index is 6.29. The molecule has 0 spiro atoms. The number of aromatic nitrogens is 4. The van der Waals surface area contributed by atoms with Crippen molar-refractivity contribution in [1.82, 2.24) is 19.1 Å². The number of imidazole rings is 2. The summed E-state index contributed by atoms with van der Waals surface area (Å²) in [6.45, 7) is 12.7. The molecule has 0 saturated carbocycles. The minimum Gasteiger partial charge on any atom is -0.491 e. The molecule has 0 aliphatic rings. The standard InChI is InChI=1S/C38H50N4O4/c1-5-9-21-43-31-17-19-33(45-23-11-7-3)37-35(31)39-27-41(37)25-29-15-13-14-16-30(29)26-42-28-40-36-32(44-22-10-6-2)18-20-34(38(36)42)46-24-12-8-4/h13-20,27-28H,5-12,21-26H2,1-4H3. The quantitative estimate of drug-likeness (QED) is 0.0802. The van der Waals surface area contributed by atoms with Gasteiger partial charge in [0.25, 0.3) is 0 Å². The first-order valence-corrected chi connectivity index (χ1v) is 17.2. The molecule has 0 unspecified atom stereocenters. The normalized spacial score (nSPS) is 11.4. The molecule has 0 amide bonds. The molecule has 8 heteroatoms. The van der Waals surface area contributed by atoms with Crippen LogP contribution in [0, 0.1) is 0 Å². The summed E-state index contributed by atoms with van der Waals surface area (Å²) >= 11 is 0. The van der Waals surface area contributed by atoms with Gasteiger partial charge < -0.3 is 28.1 Å². The SMILES string of the molecule is CCCCOc1ccc(OCCCC)c2c1ncn2Cc1ccccc1Cn1cnc2c(OCCCC)ccc(OCCCC)c21. The van der Waals surface area contributed by atoms with Crippen molar-refractivity contribution in [3.8, 4) is 23.0 Å². The summed E-state index contributed by atoms with van der Waals surface area (Å²) in [6, 6.07) is 16.6. The van der Waals surface area contributed by atoms with Gasteiger partial charge in [0.1, 0.15) is 45.1 Å². The van der Waals surface area contributed by atoms with E-state index in [1.165, 1.54) is 11.1 Å². The smallest absolute Gasteiger partial charge is 0.147 e. The molecule has 3 aromatic carbocycles. The van der Waals surface area contributed by atoms with Gasteiger partial charge in [-0.05, 0) is 61.1 Å². The summed E-state index contributed by atoms with van der Waals surface area (Å²) in [4.78, 5) is 9.66. The molecule has 2 aromatic heterocycles. The van der Waals surface area contributed by atoms with Crippen molar-refractivity contribution in [2.45, 2.75) is 92.2 Å². The molecule has 246 valence electrons. The van der Waals surface area contributed by atoms with Crippen molar-refractivity contribution in [3.63, 3.8) is 0 Å². The van der Waals surface area contributed by atoms with Gasteiger partial charge >= 0.3 is 0 Å². The van der Waals surface area contributed by atoms with Crippen molar-refractivity contribution in [3.05, 3.63) is 72.3 Å². The lowest BCUT2D eigenvalue weighted by Gasteiger charge is -2.16. The van der Waals surface area contributed by atoms with Gasteiger partial charge in [-0.25, -0.2) is 9.97 Å². The fraction of sp³-hybridized carbons (Fsp3) is 0.474. The van der Waals surface area contributed by atoms with Crippen LogP contribution in [-0.2, 0) is 13.1 Å². The molecule has 2 heterocycles. The Bertz CT molecular complexity index is 1550. The molecule has 5 aromatic rings. The van der Waals surface area contributed by atoms with Gasteiger partial charge in [0.15, 0.2) is 0 Å². The Morgan fingerprint density at radius 1 is 0.478 bits per heavy atom. The van der Waals surface area contributed by atoms with Crippen LogP contribution in [0.3, 0.4) is 0 Å².